The van der Waals surface area contributed by atoms with Gasteiger partial charge in [0.1, 0.15) is 0 Å². The smallest absolute Gasteiger partial charge is 0.242 e. The summed E-state index contributed by atoms with van der Waals surface area (Å²) in [6.07, 6.45) is 5.14. The molecule has 1 aromatic carbocycles. The molecule has 1 unspecified atom stereocenters. The highest BCUT2D eigenvalue weighted by atomic mass is 16.2. The van der Waals surface area contributed by atoms with E-state index in [4.69, 9.17) is 5.73 Å². The van der Waals surface area contributed by atoms with Crippen LogP contribution in [0.2, 0.25) is 0 Å². The third kappa shape index (κ3) is 2.84. The number of hydrogen-bond donors (Lipinski definition) is 1. The van der Waals surface area contributed by atoms with Crippen molar-refractivity contribution < 1.29 is 9.59 Å². The predicted octanol–water partition coefficient (Wildman–Crippen LogP) is 1.56. The molecule has 0 aromatic heterocycles. The van der Waals surface area contributed by atoms with Crippen LogP contribution in [0.4, 0.5) is 0 Å². The predicted molar refractivity (Wildman–Crippen MR) is 95.7 cm³/mol. The van der Waals surface area contributed by atoms with E-state index in [0.29, 0.717) is 13.1 Å². The van der Waals surface area contributed by atoms with Crippen LogP contribution in [0.5, 0.6) is 0 Å². The van der Waals surface area contributed by atoms with E-state index in [1.807, 2.05) is 28.0 Å². The van der Waals surface area contributed by atoms with Gasteiger partial charge in [0.05, 0.1) is 11.0 Å². The van der Waals surface area contributed by atoms with Crippen LogP contribution in [0.25, 0.3) is 0 Å². The molecule has 0 radical (unpaired) electrons. The van der Waals surface area contributed by atoms with Crippen molar-refractivity contribution in [3.8, 4) is 0 Å². The van der Waals surface area contributed by atoms with E-state index >= 15 is 0 Å². The van der Waals surface area contributed by atoms with E-state index in [1.165, 1.54) is 5.56 Å². The molecule has 1 aliphatic carbocycles. The molecule has 0 bridgehead atoms. The molecule has 3 fully saturated rings. The minimum absolute atomic E-state index is 0.0613. The molecule has 1 atom stereocenters. The molecule has 2 heterocycles. The first-order valence-electron chi connectivity index (χ1n) is 9.44. The third-order valence-corrected chi connectivity index (χ3v) is 6.43. The lowest BCUT2D eigenvalue weighted by Gasteiger charge is -2.39. The zero-order valence-corrected chi connectivity index (χ0v) is 14.7. The number of nitrogens with two attached hydrogens (primary N) is 1. The van der Waals surface area contributed by atoms with Crippen molar-refractivity contribution in [1.29, 1.82) is 0 Å². The van der Waals surface area contributed by atoms with E-state index in [2.05, 4.69) is 12.1 Å². The summed E-state index contributed by atoms with van der Waals surface area (Å²) in [7, 11) is 0. The zero-order chi connectivity index (χ0) is 17.5. The van der Waals surface area contributed by atoms with Gasteiger partial charge in [0, 0.05) is 26.2 Å². The van der Waals surface area contributed by atoms with E-state index in [-0.39, 0.29) is 17.2 Å². The summed E-state index contributed by atoms with van der Waals surface area (Å²) in [5.74, 6) is 0.296. The van der Waals surface area contributed by atoms with Crippen molar-refractivity contribution in [2.75, 3.05) is 26.2 Å². The highest BCUT2D eigenvalue weighted by Crippen LogP contribution is 2.42. The van der Waals surface area contributed by atoms with Gasteiger partial charge in [-0.25, -0.2) is 0 Å². The van der Waals surface area contributed by atoms with Crippen LogP contribution in [0.1, 0.15) is 37.7 Å². The number of carbonyl (C=O) groups excluding carboxylic acids is 2. The van der Waals surface area contributed by atoms with Gasteiger partial charge in [-0.2, -0.15) is 0 Å². The van der Waals surface area contributed by atoms with Gasteiger partial charge in [-0.3, -0.25) is 9.59 Å². The van der Waals surface area contributed by atoms with Crippen LogP contribution >= 0.6 is 0 Å². The number of carbonyl (C=O) groups is 2. The van der Waals surface area contributed by atoms with Crippen LogP contribution in [-0.4, -0.2) is 53.3 Å². The van der Waals surface area contributed by atoms with Gasteiger partial charge in [-0.15, -0.1) is 0 Å². The van der Waals surface area contributed by atoms with Crippen molar-refractivity contribution >= 4 is 11.8 Å². The summed E-state index contributed by atoms with van der Waals surface area (Å²) in [6, 6.07) is 10.3. The molecular formula is C20H27N3O2. The van der Waals surface area contributed by atoms with Crippen LogP contribution < -0.4 is 5.73 Å². The Bertz CT molecular complexity index is 671. The minimum Gasteiger partial charge on any atom is -0.342 e. The van der Waals surface area contributed by atoms with E-state index in [1.54, 1.807) is 0 Å². The van der Waals surface area contributed by atoms with E-state index in [0.717, 1.165) is 51.6 Å². The molecule has 1 spiro atoms. The second-order valence-electron chi connectivity index (χ2n) is 8.04. The summed E-state index contributed by atoms with van der Waals surface area (Å²) < 4.78 is 0. The topological polar surface area (TPSA) is 66.6 Å². The Morgan fingerprint density at radius 3 is 2.48 bits per heavy atom. The van der Waals surface area contributed by atoms with E-state index in [9.17, 15) is 9.59 Å². The average Bonchev–Trinajstić information content (AvgIpc) is 3.17. The molecule has 2 aliphatic heterocycles. The van der Waals surface area contributed by atoms with Gasteiger partial charge in [0.25, 0.3) is 0 Å². The highest BCUT2D eigenvalue weighted by molar-refractivity contribution is 5.90. The number of nitrogens with zero attached hydrogens (tertiary/aromatic N) is 2. The standard InChI is InChI=1S/C20H27N3O2/c21-20(8-4-9-20)18(25)23-14-11-19(15-23)10-13-22(17(19)24)12-7-16-5-2-1-3-6-16/h1-3,5-6H,4,7-15,21H2. The maximum Gasteiger partial charge on any atom is 0.242 e. The fraction of sp³-hybridized carbons (Fsp3) is 0.600. The number of likely N-dealkylation sites (tertiary alicyclic amines) is 2. The Morgan fingerprint density at radius 2 is 1.80 bits per heavy atom. The molecule has 2 saturated heterocycles. The lowest BCUT2D eigenvalue weighted by atomic mass is 9.76. The monoisotopic (exact) mass is 341 g/mol. The molecule has 4 rings (SSSR count). The average molecular weight is 341 g/mol. The molecule has 3 aliphatic rings. The Kier molecular flexibility index (Phi) is 4.07. The van der Waals surface area contributed by atoms with Gasteiger partial charge >= 0.3 is 0 Å². The SMILES string of the molecule is NC1(C(=O)N2CCC3(CCN(CCc4ccccc4)C3=O)C2)CCC1. The van der Waals surface area contributed by atoms with Gasteiger partial charge in [-0.05, 0) is 44.1 Å². The van der Waals surface area contributed by atoms with Crippen molar-refractivity contribution in [3.05, 3.63) is 35.9 Å². The Balaban J connectivity index is 1.37. The van der Waals surface area contributed by atoms with Gasteiger partial charge in [0.2, 0.25) is 11.8 Å². The molecule has 1 saturated carbocycles. The second-order valence-corrected chi connectivity index (χ2v) is 8.04. The lowest BCUT2D eigenvalue weighted by Crippen LogP contribution is -2.59. The minimum atomic E-state index is -0.653. The molecule has 1 aromatic rings. The quantitative estimate of drug-likeness (QED) is 0.904. The summed E-state index contributed by atoms with van der Waals surface area (Å²) in [5.41, 5.74) is 6.45. The molecule has 5 heteroatoms. The lowest BCUT2D eigenvalue weighted by molar-refractivity contribution is -0.140. The molecule has 5 nitrogen and oxygen atoms in total. The molecule has 134 valence electrons. The Morgan fingerprint density at radius 1 is 1.08 bits per heavy atom. The number of hydrogen-bond acceptors (Lipinski definition) is 3. The first-order chi connectivity index (χ1) is 12.0. The van der Waals surface area contributed by atoms with Crippen molar-refractivity contribution in [3.63, 3.8) is 0 Å². The normalized spacial score (nSPS) is 27.8. The first-order valence-corrected chi connectivity index (χ1v) is 9.44. The zero-order valence-electron chi connectivity index (χ0n) is 14.7. The largest absolute Gasteiger partial charge is 0.342 e. The fourth-order valence-electron chi connectivity index (χ4n) is 4.53. The second kappa shape index (κ2) is 6.13. The summed E-state index contributed by atoms with van der Waals surface area (Å²) in [6.45, 7) is 2.81. The number of benzene rings is 1. The van der Waals surface area contributed by atoms with Crippen LogP contribution in [0.3, 0.4) is 0 Å². The van der Waals surface area contributed by atoms with Gasteiger partial charge in [-0.1, -0.05) is 30.3 Å². The molecular weight excluding hydrogens is 314 g/mol. The van der Waals surface area contributed by atoms with Gasteiger partial charge < -0.3 is 15.5 Å². The first kappa shape index (κ1) is 16.6. The summed E-state index contributed by atoms with van der Waals surface area (Å²) in [5, 5.41) is 0. The summed E-state index contributed by atoms with van der Waals surface area (Å²) in [4.78, 5) is 29.5. The van der Waals surface area contributed by atoms with Crippen molar-refractivity contribution in [1.82, 2.24) is 9.80 Å². The van der Waals surface area contributed by atoms with Crippen molar-refractivity contribution in [2.24, 2.45) is 11.1 Å². The van der Waals surface area contributed by atoms with Crippen molar-refractivity contribution in [2.45, 2.75) is 44.1 Å². The van der Waals surface area contributed by atoms with E-state index < -0.39 is 5.54 Å². The highest BCUT2D eigenvalue weighted by Gasteiger charge is 2.53. The van der Waals surface area contributed by atoms with Crippen LogP contribution in [-0.2, 0) is 16.0 Å². The number of rotatable bonds is 4. The fourth-order valence-corrected chi connectivity index (χ4v) is 4.53. The molecule has 2 N–H and O–H groups in total. The van der Waals surface area contributed by atoms with Crippen LogP contribution in [0, 0.1) is 5.41 Å². The maximum atomic E-state index is 13.0. The summed E-state index contributed by atoms with van der Waals surface area (Å²) >= 11 is 0. The maximum absolute atomic E-state index is 13.0. The van der Waals surface area contributed by atoms with Crippen LogP contribution in [0.15, 0.2) is 30.3 Å². The molecule has 2 amide bonds. The van der Waals surface area contributed by atoms with Gasteiger partial charge in [0.15, 0.2) is 0 Å². The Hall–Kier alpha value is -1.88. The third-order valence-electron chi connectivity index (χ3n) is 6.43. The molecule has 25 heavy (non-hydrogen) atoms. The Labute approximate surface area is 149 Å². The number of amides is 2.